The van der Waals surface area contributed by atoms with Gasteiger partial charge in [0.15, 0.2) is 0 Å². The van der Waals surface area contributed by atoms with Gasteiger partial charge in [-0.3, -0.25) is 0 Å². The van der Waals surface area contributed by atoms with Crippen LogP contribution < -0.4 is 4.90 Å². The van der Waals surface area contributed by atoms with Crippen molar-refractivity contribution in [1.82, 2.24) is 9.88 Å². The van der Waals surface area contributed by atoms with Crippen LogP contribution in [-0.4, -0.2) is 54.4 Å². The average Bonchev–Trinajstić information content (AvgIpc) is 2.61. The van der Waals surface area contributed by atoms with Gasteiger partial charge in [-0.1, -0.05) is 6.07 Å². The van der Waals surface area contributed by atoms with E-state index in [9.17, 15) is 4.79 Å². The molecule has 6 heteroatoms. The number of likely N-dealkylation sites (tertiary alicyclic amines) is 1. The van der Waals surface area contributed by atoms with Crippen molar-refractivity contribution in [2.75, 3.05) is 37.7 Å². The van der Waals surface area contributed by atoms with Gasteiger partial charge in [0.2, 0.25) is 0 Å². The van der Waals surface area contributed by atoms with Gasteiger partial charge in [-0.15, -0.1) is 0 Å². The van der Waals surface area contributed by atoms with Crippen LogP contribution in [0.15, 0.2) is 18.3 Å². The lowest BCUT2D eigenvalue weighted by molar-refractivity contribution is 0.00948. The summed E-state index contributed by atoms with van der Waals surface area (Å²) in [4.78, 5) is 21.3. The van der Waals surface area contributed by atoms with Gasteiger partial charge in [0.25, 0.3) is 0 Å². The van der Waals surface area contributed by atoms with Gasteiger partial charge in [0.1, 0.15) is 11.4 Å². The van der Waals surface area contributed by atoms with Crippen molar-refractivity contribution >= 4 is 11.9 Å². The molecule has 1 aromatic rings. The average molecular weight is 347 g/mol. The molecule has 6 nitrogen and oxygen atoms in total. The van der Waals surface area contributed by atoms with E-state index in [4.69, 9.17) is 9.47 Å². The summed E-state index contributed by atoms with van der Waals surface area (Å²) < 4.78 is 11.0. The lowest BCUT2D eigenvalue weighted by Crippen LogP contribution is -2.42. The number of amides is 1. The second-order valence-electron chi connectivity index (χ2n) is 7.73. The minimum Gasteiger partial charge on any atom is -0.444 e. The topological polar surface area (TPSA) is 54.9 Å². The number of ether oxygens (including phenoxy) is 2. The molecule has 25 heavy (non-hydrogen) atoms. The molecule has 0 aromatic carbocycles. The van der Waals surface area contributed by atoms with Crippen LogP contribution in [-0.2, 0) is 9.47 Å². The van der Waals surface area contributed by atoms with E-state index >= 15 is 0 Å². The second kappa shape index (κ2) is 7.60. The van der Waals surface area contributed by atoms with E-state index in [1.165, 1.54) is 0 Å². The molecule has 138 valence electrons. The minimum atomic E-state index is -0.475. The van der Waals surface area contributed by atoms with Gasteiger partial charge in [-0.25, -0.2) is 9.78 Å². The normalized spacial score (nSPS) is 22.0. The first kappa shape index (κ1) is 18.0. The van der Waals surface area contributed by atoms with Crippen molar-refractivity contribution in [2.24, 2.45) is 0 Å². The highest BCUT2D eigenvalue weighted by molar-refractivity contribution is 5.69. The Bertz CT molecular complexity index is 577. The molecule has 1 aromatic heterocycles. The summed E-state index contributed by atoms with van der Waals surface area (Å²) in [6.45, 7) is 9.70. The standard InChI is InChI=1S/C19H29N3O3/c1-19(2,3)25-18(23)22-9-5-4-6-16(22)15-7-8-17(20-14-15)21-10-12-24-13-11-21/h7-8,14,16H,4-6,9-13H2,1-3H3/t16-/m1/s1. The predicted molar refractivity (Wildman–Crippen MR) is 96.8 cm³/mol. The third-order valence-corrected chi connectivity index (χ3v) is 4.62. The number of pyridine rings is 1. The van der Waals surface area contributed by atoms with Crippen LogP contribution in [0.25, 0.3) is 0 Å². The summed E-state index contributed by atoms with van der Waals surface area (Å²) in [7, 11) is 0. The summed E-state index contributed by atoms with van der Waals surface area (Å²) in [6, 6.07) is 4.21. The van der Waals surface area contributed by atoms with Crippen molar-refractivity contribution in [2.45, 2.75) is 51.7 Å². The Labute approximate surface area is 150 Å². The zero-order valence-corrected chi connectivity index (χ0v) is 15.5. The highest BCUT2D eigenvalue weighted by Gasteiger charge is 2.31. The van der Waals surface area contributed by atoms with Crippen LogP contribution in [0.2, 0.25) is 0 Å². The third kappa shape index (κ3) is 4.63. The molecular formula is C19H29N3O3. The minimum absolute atomic E-state index is 0.0508. The molecule has 0 aliphatic carbocycles. The number of rotatable bonds is 2. The van der Waals surface area contributed by atoms with E-state index in [1.54, 1.807) is 0 Å². The number of anilines is 1. The van der Waals surface area contributed by atoms with Crippen molar-refractivity contribution in [3.05, 3.63) is 23.9 Å². The van der Waals surface area contributed by atoms with Crippen LogP contribution in [0.4, 0.5) is 10.6 Å². The fourth-order valence-electron chi connectivity index (χ4n) is 3.39. The Morgan fingerprint density at radius 2 is 1.96 bits per heavy atom. The van der Waals surface area contributed by atoms with E-state index in [1.807, 2.05) is 31.9 Å². The SMILES string of the molecule is CC(C)(C)OC(=O)N1CCCC[C@@H]1c1ccc(N2CCOCC2)nc1. The largest absolute Gasteiger partial charge is 0.444 e. The predicted octanol–water partition coefficient (Wildman–Crippen LogP) is 3.38. The van der Waals surface area contributed by atoms with Crippen LogP contribution >= 0.6 is 0 Å². The van der Waals surface area contributed by atoms with E-state index in [0.29, 0.717) is 0 Å². The molecule has 1 atom stereocenters. The Morgan fingerprint density at radius 3 is 2.60 bits per heavy atom. The first-order chi connectivity index (χ1) is 11.9. The Morgan fingerprint density at radius 1 is 1.20 bits per heavy atom. The number of piperidine rings is 1. The number of hydrogen-bond acceptors (Lipinski definition) is 5. The molecule has 0 bridgehead atoms. The summed E-state index contributed by atoms with van der Waals surface area (Å²) in [5.74, 6) is 0.978. The number of morpholine rings is 1. The van der Waals surface area contributed by atoms with Crippen molar-refractivity contribution < 1.29 is 14.3 Å². The first-order valence-corrected chi connectivity index (χ1v) is 9.22. The van der Waals surface area contributed by atoms with E-state index in [-0.39, 0.29) is 12.1 Å². The fourth-order valence-corrected chi connectivity index (χ4v) is 3.39. The molecule has 0 N–H and O–H groups in total. The van der Waals surface area contributed by atoms with Crippen molar-refractivity contribution in [3.63, 3.8) is 0 Å². The van der Waals surface area contributed by atoms with Gasteiger partial charge >= 0.3 is 6.09 Å². The molecule has 3 heterocycles. The van der Waals surface area contributed by atoms with Gasteiger partial charge in [0, 0.05) is 25.8 Å². The molecule has 2 fully saturated rings. The van der Waals surface area contributed by atoms with Crippen LogP contribution in [0.1, 0.15) is 51.6 Å². The smallest absolute Gasteiger partial charge is 0.410 e. The third-order valence-electron chi connectivity index (χ3n) is 4.62. The summed E-state index contributed by atoms with van der Waals surface area (Å²) in [5, 5.41) is 0. The molecule has 2 aliphatic heterocycles. The van der Waals surface area contributed by atoms with Gasteiger partial charge < -0.3 is 19.3 Å². The number of carbonyl (C=O) groups is 1. The van der Waals surface area contributed by atoms with Gasteiger partial charge in [0.05, 0.1) is 19.3 Å². The molecular weight excluding hydrogens is 318 g/mol. The zero-order valence-electron chi connectivity index (χ0n) is 15.5. The number of aromatic nitrogens is 1. The summed E-state index contributed by atoms with van der Waals surface area (Å²) in [6.07, 6.45) is 4.79. The summed E-state index contributed by atoms with van der Waals surface area (Å²) in [5.41, 5.74) is 0.611. The van der Waals surface area contributed by atoms with Crippen LogP contribution in [0.3, 0.4) is 0 Å². The van der Waals surface area contributed by atoms with Gasteiger partial charge in [-0.05, 0) is 51.7 Å². The van der Waals surface area contributed by atoms with Crippen molar-refractivity contribution in [1.29, 1.82) is 0 Å². The maximum absolute atomic E-state index is 12.6. The first-order valence-electron chi connectivity index (χ1n) is 9.22. The maximum atomic E-state index is 12.6. The lowest BCUT2D eigenvalue weighted by Gasteiger charge is -2.37. The van der Waals surface area contributed by atoms with E-state index in [0.717, 1.165) is 63.5 Å². The number of hydrogen-bond donors (Lipinski definition) is 0. The molecule has 2 aliphatic rings. The molecule has 1 amide bonds. The molecule has 0 spiro atoms. The highest BCUT2D eigenvalue weighted by Crippen LogP contribution is 2.32. The maximum Gasteiger partial charge on any atom is 0.410 e. The van der Waals surface area contributed by atoms with Crippen LogP contribution in [0, 0.1) is 0 Å². The second-order valence-corrected chi connectivity index (χ2v) is 7.73. The summed E-state index contributed by atoms with van der Waals surface area (Å²) >= 11 is 0. The van der Waals surface area contributed by atoms with E-state index in [2.05, 4.69) is 22.0 Å². The molecule has 0 radical (unpaired) electrons. The Balaban J connectivity index is 1.72. The Kier molecular flexibility index (Phi) is 5.47. The fraction of sp³-hybridized carbons (Fsp3) is 0.684. The van der Waals surface area contributed by atoms with Gasteiger partial charge in [-0.2, -0.15) is 0 Å². The number of carbonyl (C=O) groups excluding carboxylic acids is 1. The zero-order chi connectivity index (χ0) is 17.9. The lowest BCUT2D eigenvalue weighted by atomic mass is 9.97. The Hall–Kier alpha value is -1.82. The van der Waals surface area contributed by atoms with E-state index < -0.39 is 5.60 Å². The molecule has 0 saturated carbocycles. The monoisotopic (exact) mass is 347 g/mol. The molecule has 2 saturated heterocycles. The molecule has 0 unspecified atom stereocenters. The van der Waals surface area contributed by atoms with Crippen molar-refractivity contribution in [3.8, 4) is 0 Å². The highest BCUT2D eigenvalue weighted by atomic mass is 16.6. The quantitative estimate of drug-likeness (QED) is 0.821. The molecule has 3 rings (SSSR count). The number of nitrogens with zero attached hydrogens (tertiary/aromatic N) is 3. The van der Waals surface area contributed by atoms with Crippen LogP contribution in [0.5, 0.6) is 0 Å².